The fourth-order valence-corrected chi connectivity index (χ4v) is 1.16. The van der Waals surface area contributed by atoms with E-state index in [9.17, 15) is 13.2 Å². The molecular formula is C9H5F3N2. The Bertz CT molecular complexity index is 470. The molecule has 2 aromatic rings. The van der Waals surface area contributed by atoms with Crippen molar-refractivity contribution in [3.63, 3.8) is 0 Å². The van der Waals surface area contributed by atoms with Crippen LogP contribution in [-0.4, -0.2) is 9.97 Å². The molecule has 0 atom stereocenters. The minimum absolute atomic E-state index is 0.258. The van der Waals surface area contributed by atoms with Gasteiger partial charge in [0.05, 0.1) is 5.52 Å². The third-order valence-corrected chi connectivity index (χ3v) is 1.76. The molecule has 0 unspecified atom stereocenters. The van der Waals surface area contributed by atoms with Crippen LogP contribution in [0.4, 0.5) is 13.2 Å². The molecule has 0 aliphatic rings. The lowest BCUT2D eigenvalue weighted by molar-refractivity contribution is -0.137. The summed E-state index contributed by atoms with van der Waals surface area (Å²) in [5, 5.41) is 0. The Morgan fingerprint density at radius 3 is 2.71 bits per heavy atom. The van der Waals surface area contributed by atoms with E-state index < -0.39 is 11.7 Å². The van der Waals surface area contributed by atoms with Crippen molar-refractivity contribution < 1.29 is 13.2 Å². The molecule has 0 radical (unpaired) electrons. The van der Waals surface area contributed by atoms with Crippen molar-refractivity contribution in [3.8, 4) is 0 Å². The van der Waals surface area contributed by atoms with Crippen LogP contribution in [0.25, 0.3) is 11.0 Å². The molecule has 2 rings (SSSR count). The standard InChI is InChI=1S/C9H5F3N2/c1-5-13-7-3-2-6(9(10,11)12)4-8(7)14-5/h4H,1H3,(H,13,14). The molecule has 0 saturated heterocycles. The Balaban J connectivity index is 2.62. The zero-order valence-electron chi connectivity index (χ0n) is 7.16. The molecule has 2 nitrogen and oxygen atoms in total. The first-order valence-electron chi connectivity index (χ1n) is 3.84. The maximum atomic E-state index is 12.2. The van der Waals surface area contributed by atoms with Gasteiger partial charge in [0.15, 0.2) is 0 Å². The van der Waals surface area contributed by atoms with Crippen molar-refractivity contribution in [2.45, 2.75) is 13.1 Å². The molecule has 0 saturated carbocycles. The number of hydrogen-bond acceptors (Lipinski definition) is 1. The summed E-state index contributed by atoms with van der Waals surface area (Å²) in [5.41, 5.74) is -0.152. The summed E-state index contributed by atoms with van der Waals surface area (Å²) in [5.74, 6) is 0.559. The maximum absolute atomic E-state index is 12.2. The second-order valence-corrected chi connectivity index (χ2v) is 2.89. The number of nitrogens with zero attached hydrogens (tertiary/aromatic N) is 1. The summed E-state index contributed by atoms with van der Waals surface area (Å²) in [6, 6.07) is 5.38. The zero-order valence-corrected chi connectivity index (χ0v) is 7.16. The second-order valence-electron chi connectivity index (χ2n) is 2.89. The highest BCUT2D eigenvalue weighted by molar-refractivity contribution is 5.73. The van der Waals surface area contributed by atoms with Gasteiger partial charge in [-0.3, -0.25) is 0 Å². The van der Waals surface area contributed by atoms with Crippen LogP contribution in [0, 0.1) is 19.1 Å². The van der Waals surface area contributed by atoms with Crippen LogP contribution in [-0.2, 0) is 6.18 Å². The summed E-state index contributed by atoms with van der Waals surface area (Å²) in [6.07, 6.45) is -4.39. The number of aromatic amines is 1. The number of nitrogens with one attached hydrogen (secondary N) is 1. The van der Waals surface area contributed by atoms with Gasteiger partial charge in [-0.2, -0.15) is 13.2 Å². The highest BCUT2D eigenvalue weighted by Gasteiger charge is 2.31. The van der Waals surface area contributed by atoms with Crippen molar-refractivity contribution in [2.24, 2.45) is 0 Å². The monoisotopic (exact) mass is 198 g/mol. The van der Waals surface area contributed by atoms with E-state index in [-0.39, 0.29) is 5.52 Å². The van der Waals surface area contributed by atoms with Crippen LogP contribution in [0.3, 0.4) is 0 Å². The molecule has 0 bridgehead atoms. The molecule has 0 spiro atoms. The molecule has 0 aliphatic heterocycles. The van der Waals surface area contributed by atoms with Crippen LogP contribution in [0.5, 0.6) is 0 Å². The van der Waals surface area contributed by atoms with E-state index in [1.54, 1.807) is 6.92 Å². The number of fused-ring (bicyclic) bond motifs is 1. The molecule has 1 aromatic carbocycles. The Hall–Kier alpha value is -1.70. The van der Waals surface area contributed by atoms with Gasteiger partial charge in [0.2, 0.25) is 0 Å². The van der Waals surface area contributed by atoms with E-state index in [1.165, 1.54) is 0 Å². The number of halogens is 3. The molecule has 0 aliphatic carbocycles. The SMILES string of the molecule is Cc1nc2cc(C(F)(F)F)c#cc2[nH]1. The van der Waals surface area contributed by atoms with Crippen LogP contribution >= 0.6 is 0 Å². The lowest BCUT2D eigenvalue weighted by Gasteiger charge is -2.01. The molecular weight excluding hydrogens is 193 g/mol. The Kier molecular flexibility index (Phi) is 1.68. The first kappa shape index (κ1) is 8.88. The molecule has 5 heteroatoms. The summed E-state index contributed by atoms with van der Waals surface area (Å²) >= 11 is 0. The number of aromatic nitrogens is 2. The number of alkyl halides is 3. The van der Waals surface area contributed by atoms with Crippen molar-refractivity contribution in [2.75, 3.05) is 0 Å². The maximum Gasteiger partial charge on any atom is 0.424 e. The topological polar surface area (TPSA) is 28.7 Å². The smallest absolute Gasteiger partial charge is 0.335 e. The van der Waals surface area contributed by atoms with Crippen molar-refractivity contribution in [1.82, 2.24) is 9.97 Å². The van der Waals surface area contributed by atoms with Gasteiger partial charge in [-0.05, 0) is 19.1 Å². The predicted molar refractivity (Wildman–Crippen MR) is 43.5 cm³/mol. The first-order valence-corrected chi connectivity index (χ1v) is 3.84. The molecule has 0 fully saturated rings. The van der Waals surface area contributed by atoms with Gasteiger partial charge in [-0.15, -0.1) is 0 Å². The predicted octanol–water partition coefficient (Wildman–Crippen LogP) is 2.49. The number of rotatable bonds is 0. The van der Waals surface area contributed by atoms with E-state index in [4.69, 9.17) is 0 Å². The normalized spacial score (nSPS) is 11.7. The van der Waals surface area contributed by atoms with Crippen LogP contribution in [0.1, 0.15) is 11.4 Å². The fraction of sp³-hybridized carbons (Fsp3) is 0.222. The Morgan fingerprint density at radius 2 is 2.07 bits per heavy atom. The molecule has 14 heavy (non-hydrogen) atoms. The van der Waals surface area contributed by atoms with E-state index in [0.29, 0.717) is 11.3 Å². The van der Waals surface area contributed by atoms with E-state index in [2.05, 4.69) is 16.0 Å². The number of aryl methyl sites for hydroxylation is 1. The molecule has 72 valence electrons. The Morgan fingerprint density at radius 1 is 1.36 bits per heavy atom. The van der Waals surface area contributed by atoms with Gasteiger partial charge in [-0.25, -0.2) is 4.98 Å². The summed E-state index contributed by atoms with van der Waals surface area (Å²) in [7, 11) is 0. The fourth-order valence-electron chi connectivity index (χ4n) is 1.16. The molecule has 1 aromatic heterocycles. The summed E-state index contributed by atoms with van der Waals surface area (Å²) < 4.78 is 36.7. The average Bonchev–Trinajstić information content (AvgIpc) is 2.41. The second kappa shape index (κ2) is 2.64. The van der Waals surface area contributed by atoms with Crippen molar-refractivity contribution >= 4 is 11.0 Å². The molecule has 1 heterocycles. The van der Waals surface area contributed by atoms with E-state index >= 15 is 0 Å². The zero-order chi connectivity index (χ0) is 10.3. The number of imidazole rings is 1. The molecule has 1 N–H and O–H groups in total. The third-order valence-electron chi connectivity index (χ3n) is 1.76. The number of H-pyrrole nitrogens is 1. The van der Waals surface area contributed by atoms with Crippen LogP contribution in [0.15, 0.2) is 6.07 Å². The van der Waals surface area contributed by atoms with Gasteiger partial charge in [0.1, 0.15) is 16.9 Å². The molecule has 0 amide bonds. The largest absolute Gasteiger partial charge is 0.424 e. The number of hydrogen-bond donors (Lipinski definition) is 1. The van der Waals surface area contributed by atoms with Crippen molar-refractivity contribution in [3.05, 3.63) is 29.6 Å². The quantitative estimate of drug-likeness (QED) is 0.692. The van der Waals surface area contributed by atoms with E-state index in [1.807, 2.05) is 6.07 Å². The van der Waals surface area contributed by atoms with Gasteiger partial charge in [-0.1, -0.05) is 6.07 Å². The first-order chi connectivity index (χ1) is 6.47. The highest BCUT2D eigenvalue weighted by Crippen LogP contribution is 2.28. The summed E-state index contributed by atoms with van der Waals surface area (Å²) in [4.78, 5) is 6.65. The third kappa shape index (κ3) is 1.39. The average molecular weight is 198 g/mol. The van der Waals surface area contributed by atoms with Gasteiger partial charge >= 0.3 is 6.18 Å². The van der Waals surface area contributed by atoms with Crippen LogP contribution in [0.2, 0.25) is 0 Å². The van der Waals surface area contributed by atoms with Gasteiger partial charge in [0, 0.05) is 0 Å². The lowest BCUT2D eigenvalue weighted by atomic mass is 10.2. The summed E-state index contributed by atoms with van der Waals surface area (Å²) in [6.45, 7) is 1.67. The van der Waals surface area contributed by atoms with Crippen LogP contribution < -0.4 is 0 Å². The Labute approximate surface area is 77.8 Å². The van der Waals surface area contributed by atoms with Crippen molar-refractivity contribution in [1.29, 1.82) is 0 Å². The van der Waals surface area contributed by atoms with E-state index in [0.717, 1.165) is 6.07 Å². The highest BCUT2D eigenvalue weighted by atomic mass is 19.4. The minimum Gasteiger partial charge on any atom is -0.335 e. The van der Waals surface area contributed by atoms with Gasteiger partial charge in [0.25, 0.3) is 0 Å². The van der Waals surface area contributed by atoms with Gasteiger partial charge < -0.3 is 4.98 Å². The lowest BCUT2D eigenvalue weighted by Crippen LogP contribution is -2.03. The minimum atomic E-state index is -4.39.